The van der Waals surface area contributed by atoms with Crippen molar-refractivity contribution in [2.75, 3.05) is 26.8 Å². The van der Waals surface area contributed by atoms with Crippen LogP contribution < -0.4 is 4.74 Å². The Kier molecular flexibility index (Phi) is 5.36. The van der Waals surface area contributed by atoms with E-state index in [-0.39, 0.29) is 19.1 Å². The lowest BCUT2D eigenvalue weighted by Gasteiger charge is -2.23. The van der Waals surface area contributed by atoms with Crippen molar-refractivity contribution in [2.45, 2.75) is 18.6 Å². The van der Waals surface area contributed by atoms with Crippen molar-refractivity contribution in [2.24, 2.45) is 0 Å². The van der Waals surface area contributed by atoms with Crippen molar-refractivity contribution < 1.29 is 19.4 Å². The minimum absolute atomic E-state index is 0.0698. The number of β-amino-alcohol motifs (C(OH)–C–C–N with tert-alkyl or cyclic N) is 1. The molecule has 1 heterocycles. The van der Waals surface area contributed by atoms with Crippen LogP contribution in [0, 0.1) is 0 Å². The van der Waals surface area contributed by atoms with E-state index in [0.29, 0.717) is 25.1 Å². The number of carbonyl (C=O) groups is 1. The third kappa shape index (κ3) is 4.38. The van der Waals surface area contributed by atoms with Crippen molar-refractivity contribution >= 4 is 5.91 Å². The Hall–Kier alpha value is -2.37. The number of hydrogen-bond donors (Lipinski definition) is 1. The maximum Gasteiger partial charge on any atom is 0.253 e. The Labute approximate surface area is 147 Å². The predicted molar refractivity (Wildman–Crippen MR) is 94.6 cm³/mol. The van der Waals surface area contributed by atoms with Crippen LogP contribution in [-0.2, 0) is 11.3 Å². The first-order chi connectivity index (χ1) is 12.1. The van der Waals surface area contributed by atoms with Crippen LogP contribution in [0.4, 0.5) is 0 Å². The normalized spacial score (nSPS) is 19.8. The van der Waals surface area contributed by atoms with Gasteiger partial charge in [0.1, 0.15) is 18.0 Å². The van der Waals surface area contributed by atoms with E-state index in [1.807, 2.05) is 42.5 Å². The summed E-state index contributed by atoms with van der Waals surface area (Å²) in [4.78, 5) is 14.3. The second kappa shape index (κ2) is 7.68. The lowest BCUT2D eigenvalue weighted by atomic mass is 10.1. The quantitative estimate of drug-likeness (QED) is 0.877. The number of rotatable bonds is 6. The van der Waals surface area contributed by atoms with E-state index < -0.39 is 5.60 Å². The maximum atomic E-state index is 12.6. The van der Waals surface area contributed by atoms with Gasteiger partial charge in [0, 0.05) is 19.2 Å². The Morgan fingerprint density at radius 3 is 2.56 bits per heavy atom. The van der Waals surface area contributed by atoms with Gasteiger partial charge < -0.3 is 19.5 Å². The molecule has 0 aliphatic carbocycles. The highest BCUT2D eigenvalue weighted by Gasteiger charge is 2.39. The van der Waals surface area contributed by atoms with E-state index in [9.17, 15) is 9.90 Å². The van der Waals surface area contributed by atoms with Gasteiger partial charge in [0.2, 0.25) is 0 Å². The van der Waals surface area contributed by atoms with E-state index in [1.54, 1.807) is 24.1 Å². The molecule has 132 valence electrons. The summed E-state index contributed by atoms with van der Waals surface area (Å²) in [5.74, 6) is 0.647. The molecule has 0 spiro atoms. The molecule has 1 N–H and O–H groups in total. The van der Waals surface area contributed by atoms with Gasteiger partial charge in [-0.15, -0.1) is 0 Å². The standard InChI is InChI=1S/C20H23NO4/c1-24-13-16-7-9-17(10-8-16)19(22)21-12-11-20(23,14-21)15-25-18-5-3-2-4-6-18/h2-10,23H,11-15H2,1H3. The zero-order valence-corrected chi connectivity index (χ0v) is 14.4. The first-order valence-electron chi connectivity index (χ1n) is 8.37. The molecule has 1 saturated heterocycles. The Balaban J connectivity index is 1.58. The van der Waals surface area contributed by atoms with Gasteiger partial charge in [-0.25, -0.2) is 0 Å². The van der Waals surface area contributed by atoms with Gasteiger partial charge in [0.05, 0.1) is 13.2 Å². The van der Waals surface area contributed by atoms with E-state index in [1.165, 1.54) is 0 Å². The van der Waals surface area contributed by atoms with Crippen LogP contribution in [0.25, 0.3) is 0 Å². The first kappa shape index (κ1) is 17.5. The number of hydrogen-bond acceptors (Lipinski definition) is 4. The fraction of sp³-hybridized carbons (Fsp3) is 0.350. The molecule has 0 saturated carbocycles. The zero-order valence-electron chi connectivity index (χ0n) is 14.4. The summed E-state index contributed by atoms with van der Waals surface area (Å²) in [6, 6.07) is 16.8. The molecule has 2 aromatic rings. The Morgan fingerprint density at radius 1 is 1.16 bits per heavy atom. The summed E-state index contributed by atoms with van der Waals surface area (Å²) < 4.78 is 10.7. The summed E-state index contributed by atoms with van der Waals surface area (Å²) in [6.07, 6.45) is 0.507. The maximum absolute atomic E-state index is 12.6. The number of likely N-dealkylation sites (tertiary alicyclic amines) is 1. The number of ether oxygens (including phenoxy) is 2. The smallest absolute Gasteiger partial charge is 0.253 e. The van der Waals surface area contributed by atoms with Gasteiger partial charge in [-0.2, -0.15) is 0 Å². The van der Waals surface area contributed by atoms with Crippen LogP contribution in [0.15, 0.2) is 54.6 Å². The summed E-state index contributed by atoms with van der Waals surface area (Å²) in [6.45, 7) is 1.49. The number of benzene rings is 2. The molecule has 0 radical (unpaired) electrons. The summed E-state index contributed by atoms with van der Waals surface area (Å²) >= 11 is 0. The highest BCUT2D eigenvalue weighted by atomic mass is 16.5. The SMILES string of the molecule is COCc1ccc(C(=O)N2CCC(O)(COc3ccccc3)C2)cc1. The van der Waals surface area contributed by atoms with Crippen LogP contribution in [-0.4, -0.2) is 48.3 Å². The zero-order chi connectivity index (χ0) is 17.7. The van der Waals surface area contributed by atoms with Gasteiger partial charge in [0.15, 0.2) is 0 Å². The third-order valence-corrected chi connectivity index (χ3v) is 4.38. The van der Waals surface area contributed by atoms with Crippen LogP contribution >= 0.6 is 0 Å². The van der Waals surface area contributed by atoms with E-state index >= 15 is 0 Å². The number of carbonyl (C=O) groups excluding carboxylic acids is 1. The molecular formula is C20H23NO4. The average molecular weight is 341 g/mol. The van der Waals surface area contributed by atoms with Crippen molar-refractivity contribution in [3.63, 3.8) is 0 Å². The van der Waals surface area contributed by atoms with Crippen molar-refractivity contribution in [3.05, 3.63) is 65.7 Å². The summed E-state index contributed by atoms with van der Waals surface area (Å²) in [7, 11) is 1.64. The minimum Gasteiger partial charge on any atom is -0.491 e. The fourth-order valence-corrected chi connectivity index (χ4v) is 2.97. The van der Waals surface area contributed by atoms with Gasteiger partial charge in [-0.1, -0.05) is 30.3 Å². The van der Waals surface area contributed by atoms with Crippen LogP contribution in [0.5, 0.6) is 5.75 Å². The van der Waals surface area contributed by atoms with Crippen LogP contribution in [0.3, 0.4) is 0 Å². The molecule has 1 amide bonds. The lowest BCUT2D eigenvalue weighted by molar-refractivity contribution is 0.00431. The largest absolute Gasteiger partial charge is 0.491 e. The number of para-hydroxylation sites is 1. The molecule has 25 heavy (non-hydrogen) atoms. The number of amides is 1. The molecule has 2 aromatic carbocycles. The lowest BCUT2D eigenvalue weighted by Crippen LogP contribution is -2.40. The van der Waals surface area contributed by atoms with Crippen molar-refractivity contribution in [1.29, 1.82) is 0 Å². The highest BCUT2D eigenvalue weighted by molar-refractivity contribution is 5.94. The molecule has 1 unspecified atom stereocenters. The van der Waals surface area contributed by atoms with Crippen molar-refractivity contribution in [1.82, 2.24) is 4.90 Å². The van der Waals surface area contributed by atoms with Gasteiger partial charge in [0.25, 0.3) is 5.91 Å². The fourth-order valence-electron chi connectivity index (χ4n) is 2.97. The molecule has 1 aliphatic rings. The van der Waals surface area contributed by atoms with Crippen LogP contribution in [0.1, 0.15) is 22.3 Å². The minimum atomic E-state index is -1.01. The van der Waals surface area contributed by atoms with E-state index in [4.69, 9.17) is 9.47 Å². The first-order valence-corrected chi connectivity index (χ1v) is 8.37. The molecule has 1 fully saturated rings. The van der Waals surface area contributed by atoms with E-state index in [2.05, 4.69) is 0 Å². The number of nitrogens with zero attached hydrogens (tertiary/aromatic N) is 1. The van der Waals surface area contributed by atoms with E-state index in [0.717, 1.165) is 11.3 Å². The average Bonchev–Trinajstić information content (AvgIpc) is 3.04. The highest BCUT2D eigenvalue weighted by Crippen LogP contribution is 2.24. The third-order valence-electron chi connectivity index (χ3n) is 4.38. The molecule has 1 atom stereocenters. The number of methoxy groups -OCH3 is 1. The summed E-state index contributed by atoms with van der Waals surface area (Å²) in [5, 5.41) is 10.7. The second-order valence-electron chi connectivity index (χ2n) is 6.43. The van der Waals surface area contributed by atoms with Gasteiger partial charge in [-0.05, 0) is 36.2 Å². The topological polar surface area (TPSA) is 59.0 Å². The molecule has 5 nitrogen and oxygen atoms in total. The molecule has 0 bridgehead atoms. The van der Waals surface area contributed by atoms with Crippen molar-refractivity contribution in [3.8, 4) is 5.75 Å². The second-order valence-corrected chi connectivity index (χ2v) is 6.43. The predicted octanol–water partition coefficient (Wildman–Crippen LogP) is 2.49. The molecular weight excluding hydrogens is 318 g/mol. The molecule has 5 heteroatoms. The Morgan fingerprint density at radius 2 is 1.88 bits per heavy atom. The summed E-state index contributed by atoms with van der Waals surface area (Å²) in [5.41, 5.74) is 0.628. The van der Waals surface area contributed by atoms with Gasteiger partial charge in [-0.3, -0.25) is 4.79 Å². The Bertz CT molecular complexity index is 701. The molecule has 0 aromatic heterocycles. The number of aliphatic hydroxyl groups is 1. The monoisotopic (exact) mass is 341 g/mol. The molecule has 3 rings (SSSR count). The van der Waals surface area contributed by atoms with Gasteiger partial charge >= 0.3 is 0 Å². The molecule has 1 aliphatic heterocycles. The van der Waals surface area contributed by atoms with Crippen LogP contribution in [0.2, 0.25) is 0 Å².